The maximum atomic E-state index is 5.34. The van der Waals surface area contributed by atoms with Crippen molar-refractivity contribution in [3.8, 4) is 5.75 Å². The van der Waals surface area contributed by atoms with Gasteiger partial charge in [0.05, 0.1) is 7.11 Å². The molecular formula is C16H18KNO. The SMILES string of the molecule is C=C/C(=C\C)[N-]c1cc(C=C)c(C=C)cc1OC.[K+]. The standard InChI is InChI=1S/C16H18NO.K/c1-6-12-10-15(17-14(8-3)9-4)16(18-5)11-13(12)7-2;/h6-11H,1-3H2,4-5H3;/q-1;+1/b14-9+;. The fourth-order valence-electron chi connectivity index (χ4n) is 1.57. The first kappa shape index (κ1) is 18.4. The van der Waals surface area contributed by atoms with E-state index in [1.54, 1.807) is 25.3 Å². The third kappa shape index (κ3) is 4.78. The summed E-state index contributed by atoms with van der Waals surface area (Å²) in [5.74, 6) is 0.705. The first-order valence-electron chi connectivity index (χ1n) is 5.67. The minimum atomic E-state index is 0. The van der Waals surface area contributed by atoms with E-state index in [1.807, 2.05) is 25.1 Å². The predicted octanol–water partition coefficient (Wildman–Crippen LogP) is 2.08. The van der Waals surface area contributed by atoms with Gasteiger partial charge in [0.25, 0.3) is 0 Å². The molecule has 1 aromatic rings. The van der Waals surface area contributed by atoms with Gasteiger partial charge in [-0.3, -0.25) is 0 Å². The number of benzene rings is 1. The van der Waals surface area contributed by atoms with E-state index >= 15 is 0 Å². The number of allylic oxidation sites excluding steroid dienone is 2. The summed E-state index contributed by atoms with van der Waals surface area (Å²) in [4.78, 5) is 0. The van der Waals surface area contributed by atoms with Crippen molar-refractivity contribution in [1.82, 2.24) is 0 Å². The van der Waals surface area contributed by atoms with Crippen molar-refractivity contribution >= 4 is 17.8 Å². The maximum Gasteiger partial charge on any atom is 1.00 e. The molecule has 0 radical (unpaired) electrons. The second-order valence-electron chi connectivity index (χ2n) is 3.59. The minimum absolute atomic E-state index is 0. The van der Waals surface area contributed by atoms with Crippen LogP contribution in [0, 0.1) is 0 Å². The van der Waals surface area contributed by atoms with Crippen LogP contribution in [0.1, 0.15) is 18.1 Å². The Hall–Kier alpha value is -0.584. The van der Waals surface area contributed by atoms with E-state index in [0.717, 1.165) is 22.5 Å². The summed E-state index contributed by atoms with van der Waals surface area (Å²) in [6.07, 6.45) is 7.14. The van der Waals surface area contributed by atoms with Crippen molar-refractivity contribution in [2.45, 2.75) is 6.92 Å². The van der Waals surface area contributed by atoms with E-state index in [4.69, 9.17) is 4.74 Å². The van der Waals surface area contributed by atoms with Crippen LogP contribution in [-0.4, -0.2) is 7.11 Å². The molecule has 0 atom stereocenters. The Morgan fingerprint density at radius 2 is 1.74 bits per heavy atom. The number of ether oxygens (including phenoxy) is 1. The molecule has 0 aromatic heterocycles. The Bertz CT molecular complexity index is 504. The van der Waals surface area contributed by atoms with E-state index in [9.17, 15) is 0 Å². The van der Waals surface area contributed by atoms with Gasteiger partial charge in [-0.1, -0.05) is 43.1 Å². The van der Waals surface area contributed by atoms with Crippen molar-refractivity contribution < 1.29 is 56.1 Å². The molecule has 0 spiro atoms. The maximum absolute atomic E-state index is 5.34. The molecule has 0 saturated heterocycles. The molecule has 0 N–H and O–H groups in total. The zero-order chi connectivity index (χ0) is 13.5. The molecule has 0 amide bonds. The second kappa shape index (κ2) is 9.34. The fraction of sp³-hybridized carbons (Fsp3) is 0.125. The molecule has 0 aliphatic heterocycles. The molecule has 1 rings (SSSR count). The van der Waals surface area contributed by atoms with Crippen LogP contribution in [0.25, 0.3) is 17.5 Å². The molecule has 0 aliphatic carbocycles. The smallest absolute Gasteiger partial charge is 0.655 e. The van der Waals surface area contributed by atoms with Gasteiger partial charge in [-0.15, -0.1) is 18.4 Å². The molecular weight excluding hydrogens is 261 g/mol. The van der Waals surface area contributed by atoms with Crippen molar-refractivity contribution in [3.05, 3.63) is 66.2 Å². The van der Waals surface area contributed by atoms with Crippen molar-refractivity contribution in [2.24, 2.45) is 0 Å². The third-order valence-electron chi connectivity index (χ3n) is 2.58. The van der Waals surface area contributed by atoms with Crippen molar-refractivity contribution in [3.63, 3.8) is 0 Å². The van der Waals surface area contributed by atoms with Crippen LogP contribution in [0.15, 0.2) is 49.7 Å². The summed E-state index contributed by atoms with van der Waals surface area (Å²) in [5, 5.41) is 4.49. The minimum Gasteiger partial charge on any atom is -0.655 e. The number of hydrogen-bond donors (Lipinski definition) is 0. The van der Waals surface area contributed by atoms with Gasteiger partial charge in [0, 0.05) is 0 Å². The molecule has 0 saturated carbocycles. The Labute approximate surface area is 158 Å². The summed E-state index contributed by atoms with van der Waals surface area (Å²) in [6, 6.07) is 3.83. The Morgan fingerprint density at radius 3 is 2.16 bits per heavy atom. The zero-order valence-corrected chi connectivity index (χ0v) is 15.1. The van der Waals surface area contributed by atoms with Gasteiger partial charge in [-0.05, 0) is 24.1 Å². The predicted molar refractivity (Wildman–Crippen MR) is 80.1 cm³/mol. The molecule has 2 nitrogen and oxygen atoms in total. The summed E-state index contributed by atoms with van der Waals surface area (Å²) >= 11 is 0. The number of methoxy groups -OCH3 is 1. The van der Waals surface area contributed by atoms with E-state index in [0.29, 0.717) is 5.75 Å². The first-order chi connectivity index (χ1) is 8.69. The topological polar surface area (TPSA) is 23.3 Å². The summed E-state index contributed by atoms with van der Waals surface area (Å²) < 4.78 is 5.34. The summed E-state index contributed by atoms with van der Waals surface area (Å²) in [6.45, 7) is 13.2. The average molecular weight is 279 g/mol. The van der Waals surface area contributed by atoms with Gasteiger partial charge < -0.3 is 10.1 Å². The van der Waals surface area contributed by atoms with Crippen LogP contribution in [0.4, 0.5) is 5.69 Å². The van der Waals surface area contributed by atoms with Gasteiger partial charge >= 0.3 is 51.4 Å². The van der Waals surface area contributed by atoms with E-state index in [1.165, 1.54) is 0 Å². The third-order valence-corrected chi connectivity index (χ3v) is 2.58. The van der Waals surface area contributed by atoms with Gasteiger partial charge in [0.2, 0.25) is 0 Å². The van der Waals surface area contributed by atoms with Crippen molar-refractivity contribution in [2.75, 3.05) is 7.11 Å². The number of rotatable bonds is 6. The van der Waals surface area contributed by atoms with Gasteiger partial charge in [-0.2, -0.15) is 0 Å². The summed E-state index contributed by atoms with van der Waals surface area (Å²) in [7, 11) is 1.62. The van der Waals surface area contributed by atoms with E-state index < -0.39 is 0 Å². The number of hydrogen-bond acceptors (Lipinski definition) is 1. The van der Waals surface area contributed by atoms with Gasteiger partial charge in [-0.25, -0.2) is 0 Å². The fourth-order valence-corrected chi connectivity index (χ4v) is 1.57. The Balaban J connectivity index is 0.00000324. The molecule has 0 aliphatic rings. The quantitative estimate of drug-likeness (QED) is 0.577. The second-order valence-corrected chi connectivity index (χ2v) is 3.59. The number of nitrogens with zero attached hydrogens (tertiary/aromatic N) is 1. The monoisotopic (exact) mass is 279 g/mol. The Morgan fingerprint density at radius 1 is 1.16 bits per heavy atom. The molecule has 0 heterocycles. The van der Waals surface area contributed by atoms with Gasteiger partial charge in [0.1, 0.15) is 5.75 Å². The van der Waals surface area contributed by atoms with Crippen LogP contribution >= 0.6 is 0 Å². The normalized spacial score (nSPS) is 10.1. The van der Waals surface area contributed by atoms with Crippen LogP contribution in [0.5, 0.6) is 5.75 Å². The van der Waals surface area contributed by atoms with E-state index in [-0.39, 0.29) is 51.4 Å². The molecule has 1 aromatic carbocycles. The molecule has 19 heavy (non-hydrogen) atoms. The zero-order valence-electron chi connectivity index (χ0n) is 11.9. The molecule has 0 fully saturated rings. The van der Waals surface area contributed by atoms with Gasteiger partial charge in [0.15, 0.2) is 0 Å². The van der Waals surface area contributed by atoms with Crippen LogP contribution < -0.4 is 56.1 Å². The van der Waals surface area contributed by atoms with Crippen LogP contribution in [0.3, 0.4) is 0 Å². The van der Waals surface area contributed by atoms with Crippen molar-refractivity contribution in [1.29, 1.82) is 0 Å². The molecule has 0 bridgehead atoms. The average Bonchev–Trinajstić information content (AvgIpc) is 2.43. The first-order valence-corrected chi connectivity index (χ1v) is 5.67. The largest absolute Gasteiger partial charge is 1.00 e. The molecule has 3 heteroatoms. The molecule has 94 valence electrons. The van der Waals surface area contributed by atoms with Crippen LogP contribution in [-0.2, 0) is 0 Å². The molecule has 0 unspecified atom stereocenters. The Kier molecular flexibility index (Phi) is 9.05. The summed E-state index contributed by atoms with van der Waals surface area (Å²) in [5.41, 5.74) is 3.51. The van der Waals surface area contributed by atoms with E-state index in [2.05, 4.69) is 25.1 Å². The van der Waals surface area contributed by atoms with Crippen LogP contribution in [0.2, 0.25) is 0 Å².